The number of alkyl halides is 3. The number of amides is 1. The van der Waals surface area contributed by atoms with Crippen molar-refractivity contribution in [3.8, 4) is 5.88 Å². The van der Waals surface area contributed by atoms with Gasteiger partial charge in [-0.15, -0.1) is 24.8 Å². The van der Waals surface area contributed by atoms with Crippen LogP contribution in [0.4, 0.5) is 13.2 Å². The highest BCUT2D eigenvalue weighted by Crippen LogP contribution is 2.32. The molecule has 0 radical (unpaired) electrons. The predicted molar refractivity (Wildman–Crippen MR) is 92.9 cm³/mol. The molecule has 5 nitrogen and oxygen atoms in total. The van der Waals surface area contributed by atoms with Crippen LogP contribution in [0.2, 0.25) is 5.02 Å². The van der Waals surface area contributed by atoms with Crippen molar-refractivity contribution in [1.82, 2.24) is 15.6 Å². The molecule has 2 rings (SSSR count). The monoisotopic (exact) mass is 423 g/mol. The Morgan fingerprint density at radius 1 is 1.40 bits per heavy atom. The normalized spacial score (nSPS) is 17.0. The van der Waals surface area contributed by atoms with Crippen LogP contribution in [0.25, 0.3) is 0 Å². The Balaban J connectivity index is 0.00000288. The first kappa shape index (κ1) is 24.0. The van der Waals surface area contributed by atoms with E-state index >= 15 is 0 Å². The summed E-state index contributed by atoms with van der Waals surface area (Å²) in [5, 5.41) is 5.59. The lowest BCUT2D eigenvalue weighted by Crippen LogP contribution is -2.47. The van der Waals surface area contributed by atoms with Crippen LogP contribution in [0.5, 0.6) is 5.88 Å². The zero-order valence-electron chi connectivity index (χ0n) is 13.1. The lowest BCUT2D eigenvalue weighted by atomic mass is 10.0. The van der Waals surface area contributed by atoms with Gasteiger partial charge in [-0.3, -0.25) is 4.79 Å². The van der Waals surface area contributed by atoms with Crippen molar-refractivity contribution in [3.05, 3.63) is 22.8 Å². The Morgan fingerprint density at radius 3 is 2.68 bits per heavy atom. The number of carbonyl (C=O) groups excluding carboxylic acids is 1. The summed E-state index contributed by atoms with van der Waals surface area (Å²) >= 11 is 5.71. The molecule has 1 aliphatic heterocycles. The molecular weight excluding hydrogens is 406 g/mol. The van der Waals surface area contributed by atoms with Crippen LogP contribution in [0.15, 0.2) is 12.3 Å². The summed E-state index contributed by atoms with van der Waals surface area (Å²) in [6.07, 6.45) is -0.988. The number of hydrogen-bond acceptors (Lipinski definition) is 4. The van der Waals surface area contributed by atoms with Gasteiger partial charge in [0.15, 0.2) is 0 Å². The third-order valence-electron chi connectivity index (χ3n) is 3.40. The van der Waals surface area contributed by atoms with Crippen molar-refractivity contribution < 1.29 is 22.7 Å². The van der Waals surface area contributed by atoms with E-state index in [1.165, 1.54) is 0 Å². The molecule has 1 amide bonds. The van der Waals surface area contributed by atoms with E-state index in [0.717, 1.165) is 31.9 Å². The number of hydrogen-bond donors (Lipinski definition) is 2. The first-order valence-corrected chi connectivity index (χ1v) is 7.62. The van der Waals surface area contributed by atoms with E-state index in [-0.39, 0.29) is 60.8 Å². The minimum Gasteiger partial charge on any atom is -0.475 e. The highest BCUT2D eigenvalue weighted by Gasteiger charge is 2.31. The van der Waals surface area contributed by atoms with Gasteiger partial charge in [-0.05, 0) is 25.5 Å². The van der Waals surface area contributed by atoms with Crippen LogP contribution >= 0.6 is 36.4 Å². The van der Waals surface area contributed by atoms with E-state index in [2.05, 4.69) is 15.6 Å². The third kappa shape index (κ3) is 7.43. The number of nitrogens with zero attached hydrogens (tertiary/aromatic N) is 1. The predicted octanol–water partition coefficient (Wildman–Crippen LogP) is 3.23. The molecule has 1 saturated heterocycles. The molecule has 2 N–H and O–H groups in total. The van der Waals surface area contributed by atoms with Gasteiger partial charge in [0.2, 0.25) is 11.8 Å². The number of halogens is 6. The van der Waals surface area contributed by atoms with E-state index < -0.39 is 11.7 Å². The van der Waals surface area contributed by atoms with Crippen LogP contribution in [0.3, 0.4) is 0 Å². The number of pyridine rings is 1. The van der Waals surface area contributed by atoms with Crippen LogP contribution in [-0.4, -0.2) is 36.6 Å². The smallest absolute Gasteiger partial charge is 0.417 e. The summed E-state index contributed by atoms with van der Waals surface area (Å²) in [7, 11) is 0. The second kappa shape index (κ2) is 10.9. The first-order valence-electron chi connectivity index (χ1n) is 7.24. The Morgan fingerprint density at radius 2 is 2.12 bits per heavy atom. The molecule has 0 aromatic carbocycles. The maximum Gasteiger partial charge on any atom is 0.417 e. The average molecular weight is 425 g/mol. The fraction of sp³-hybridized carbons (Fsp3) is 0.571. The second-order valence-corrected chi connectivity index (χ2v) is 5.56. The zero-order chi connectivity index (χ0) is 16.9. The van der Waals surface area contributed by atoms with Crippen LogP contribution < -0.4 is 15.4 Å². The number of nitrogens with one attached hydrogen (secondary N) is 2. The largest absolute Gasteiger partial charge is 0.475 e. The third-order valence-corrected chi connectivity index (χ3v) is 3.67. The van der Waals surface area contributed by atoms with Crippen molar-refractivity contribution >= 4 is 42.3 Å². The number of piperidine rings is 1. The van der Waals surface area contributed by atoms with Crippen molar-refractivity contribution in [2.75, 3.05) is 19.7 Å². The van der Waals surface area contributed by atoms with Crippen molar-refractivity contribution in [2.45, 2.75) is 31.5 Å². The molecule has 0 aliphatic carbocycles. The summed E-state index contributed by atoms with van der Waals surface area (Å²) in [5.41, 5.74) is -0.938. The molecule has 0 saturated carbocycles. The van der Waals surface area contributed by atoms with Gasteiger partial charge in [0.25, 0.3) is 0 Å². The number of ether oxygens (including phenoxy) is 1. The molecule has 0 spiro atoms. The Labute approximate surface area is 160 Å². The lowest BCUT2D eigenvalue weighted by Gasteiger charge is -2.22. The zero-order valence-corrected chi connectivity index (χ0v) is 15.5. The van der Waals surface area contributed by atoms with E-state index in [1.54, 1.807) is 0 Å². The van der Waals surface area contributed by atoms with Gasteiger partial charge in [-0.25, -0.2) is 4.98 Å². The summed E-state index contributed by atoms with van der Waals surface area (Å²) in [6, 6.07) is 0.561. The van der Waals surface area contributed by atoms with Gasteiger partial charge in [0, 0.05) is 6.20 Å². The van der Waals surface area contributed by atoms with E-state index in [1.807, 2.05) is 0 Å². The van der Waals surface area contributed by atoms with Crippen molar-refractivity contribution in [2.24, 2.45) is 0 Å². The minimum absolute atomic E-state index is 0. The highest BCUT2D eigenvalue weighted by atomic mass is 35.5. The molecule has 144 valence electrons. The molecule has 2 heterocycles. The lowest BCUT2D eigenvalue weighted by molar-refractivity contribution is -0.137. The van der Waals surface area contributed by atoms with E-state index in [9.17, 15) is 18.0 Å². The molecular formula is C14H19Cl3F3N3O2. The second-order valence-electron chi connectivity index (χ2n) is 5.15. The number of aromatic nitrogens is 1. The first-order chi connectivity index (χ1) is 10.9. The van der Waals surface area contributed by atoms with E-state index in [0.29, 0.717) is 6.20 Å². The molecule has 1 aliphatic rings. The quantitative estimate of drug-likeness (QED) is 0.713. The SMILES string of the molecule is Cl.Cl.O=C(NCCOc1ncc(C(F)(F)F)cc1Cl)[C@H]1CCCCN1. The molecule has 0 unspecified atom stereocenters. The fourth-order valence-electron chi connectivity index (χ4n) is 2.21. The van der Waals surface area contributed by atoms with Crippen molar-refractivity contribution in [1.29, 1.82) is 0 Å². The molecule has 25 heavy (non-hydrogen) atoms. The Bertz CT molecular complexity index is 556. The topological polar surface area (TPSA) is 63.2 Å². The molecule has 1 fully saturated rings. The van der Waals surface area contributed by atoms with Gasteiger partial charge in [-0.1, -0.05) is 18.0 Å². The number of rotatable bonds is 5. The van der Waals surface area contributed by atoms with Gasteiger partial charge in [0.05, 0.1) is 18.2 Å². The highest BCUT2D eigenvalue weighted by molar-refractivity contribution is 6.31. The van der Waals surface area contributed by atoms with E-state index in [4.69, 9.17) is 16.3 Å². The minimum atomic E-state index is -4.50. The standard InChI is InChI=1S/C14H17ClF3N3O2.2ClH/c15-10-7-9(14(16,17)18)8-21-13(10)23-6-5-20-12(22)11-3-1-2-4-19-11;;/h7-8,11,19H,1-6H2,(H,20,22);2*1H/t11-;;/m1../s1. The van der Waals surface area contributed by atoms with Gasteiger partial charge >= 0.3 is 6.18 Å². The Hall–Kier alpha value is -0.960. The van der Waals surface area contributed by atoms with Crippen molar-refractivity contribution in [3.63, 3.8) is 0 Å². The number of carbonyl (C=O) groups is 1. The molecule has 1 aromatic rings. The van der Waals surface area contributed by atoms with Gasteiger partial charge in [0.1, 0.15) is 11.6 Å². The molecule has 11 heteroatoms. The molecule has 1 aromatic heterocycles. The summed E-state index contributed by atoms with van der Waals surface area (Å²) < 4.78 is 42.6. The van der Waals surface area contributed by atoms with Gasteiger partial charge in [-0.2, -0.15) is 13.2 Å². The molecule has 1 atom stereocenters. The fourth-order valence-corrected chi connectivity index (χ4v) is 2.43. The maximum absolute atomic E-state index is 12.5. The van der Waals surface area contributed by atoms with Crippen LogP contribution in [0, 0.1) is 0 Å². The van der Waals surface area contributed by atoms with Crippen LogP contribution in [0.1, 0.15) is 24.8 Å². The molecule has 0 bridgehead atoms. The average Bonchev–Trinajstić information content (AvgIpc) is 2.52. The summed E-state index contributed by atoms with van der Waals surface area (Å²) in [4.78, 5) is 15.4. The maximum atomic E-state index is 12.5. The summed E-state index contributed by atoms with van der Waals surface area (Å²) in [5.74, 6) is -0.204. The van der Waals surface area contributed by atoms with Crippen LogP contribution in [-0.2, 0) is 11.0 Å². The van der Waals surface area contributed by atoms with Gasteiger partial charge < -0.3 is 15.4 Å². The summed E-state index contributed by atoms with van der Waals surface area (Å²) in [6.45, 7) is 1.10. The Kier molecular flexibility index (Phi) is 10.5.